The average Bonchev–Trinajstić information content (AvgIpc) is 3.42. The molecule has 0 saturated heterocycles. The van der Waals surface area contributed by atoms with Gasteiger partial charge in [0.05, 0.1) is 26.4 Å². The molecular formula is C68H134N2O7. The van der Waals surface area contributed by atoms with Crippen molar-refractivity contribution in [3.8, 4) is 0 Å². The van der Waals surface area contributed by atoms with Gasteiger partial charge in [-0.3, -0.25) is 19.3 Å². The zero-order valence-electron chi connectivity index (χ0n) is 52.3. The largest absolute Gasteiger partial charge is 0.466 e. The summed E-state index contributed by atoms with van der Waals surface area (Å²) >= 11 is 0. The number of unbranched alkanes of at least 4 members (excludes halogenated alkanes) is 38. The highest BCUT2D eigenvalue weighted by Gasteiger charge is 2.18. The van der Waals surface area contributed by atoms with E-state index in [1.54, 1.807) is 0 Å². The molecule has 0 heterocycles. The molecule has 0 aliphatic carbocycles. The van der Waals surface area contributed by atoms with E-state index in [-0.39, 0.29) is 24.5 Å². The van der Waals surface area contributed by atoms with E-state index in [0.717, 1.165) is 116 Å². The molecule has 0 saturated carbocycles. The molecule has 77 heavy (non-hydrogen) atoms. The third-order valence-electron chi connectivity index (χ3n) is 16.1. The second kappa shape index (κ2) is 63.5. The normalized spacial score (nSPS) is 12.0. The van der Waals surface area contributed by atoms with Crippen LogP contribution in [-0.4, -0.2) is 98.0 Å². The number of ether oxygens (including phenoxy) is 3. The van der Waals surface area contributed by atoms with Crippen LogP contribution in [0.1, 0.15) is 355 Å². The van der Waals surface area contributed by atoms with E-state index in [2.05, 4.69) is 37.5 Å². The molecule has 1 atom stereocenters. The fourth-order valence-electron chi connectivity index (χ4n) is 11.0. The van der Waals surface area contributed by atoms with Crippen molar-refractivity contribution in [3.63, 3.8) is 0 Å². The SMILES string of the molecule is CCCCCCCCCCCCCOC(=O)CCCCCCCN(CCCCCCCC(=O)OCCCCCCCCCCCCC)CCCN(CCO)C(CCCCC)CCCCCCCOC(=O)CCCCCCC. The molecule has 0 aromatic rings. The van der Waals surface area contributed by atoms with Gasteiger partial charge in [0, 0.05) is 31.8 Å². The van der Waals surface area contributed by atoms with Crippen molar-refractivity contribution in [2.45, 2.75) is 361 Å². The second-order valence-corrected chi connectivity index (χ2v) is 23.6. The maximum Gasteiger partial charge on any atom is 0.305 e. The topological polar surface area (TPSA) is 106 Å². The van der Waals surface area contributed by atoms with Crippen molar-refractivity contribution in [3.05, 3.63) is 0 Å². The van der Waals surface area contributed by atoms with E-state index < -0.39 is 0 Å². The highest BCUT2D eigenvalue weighted by Crippen LogP contribution is 2.20. The van der Waals surface area contributed by atoms with Gasteiger partial charge in [0.15, 0.2) is 0 Å². The van der Waals surface area contributed by atoms with Crippen LogP contribution in [0, 0.1) is 0 Å². The van der Waals surface area contributed by atoms with Crippen LogP contribution in [0.3, 0.4) is 0 Å². The van der Waals surface area contributed by atoms with Gasteiger partial charge in [-0.1, -0.05) is 265 Å². The number of hydrogen-bond acceptors (Lipinski definition) is 9. The number of esters is 3. The van der Waals surface area contributed by atoms with Gasteiger partial charge in [0.1, 0.15) is 0 Å². The van der Waals surface area contributed by atoms with Gasteiger partial charge in [-0.15, -0.1) is 0 Å². The third kappa shape index (κ3) is 57.3. The van der Waals surface area contributed by atoms with E-state index in [0.29, 0.717) is 45.1 Å². The lowest BCUT2D eigenvalue weighted by molar-refractivity contribution is -0.144. The lowest BCUT2D eigenvalue weighted by Gasteiger charge is -2.33. The van der Waals surface area contributed by atoms with Crippen molar-refractivity contribution in [2.24, 2.45) is 0 Å². The average molecular weight is 1090 g/mol. The molecule has 0 fully saturated rings. The molecule has 0 rings (SSSR count). The first-order valence-corrected chi connectivity index (χ1v) is 34.5. The summed E-state index contributed by atoms with van der Waals surface area (Å²) in [5, 5.41) is 10.2. The summed E-state index contributed by atoms with van der Waals surface area (Å²) in [6, 6.07) is 0.518. The van der Waals surface area contributed by atoms with E-state index in [9.17, 15) is 19.5 Å². The van der Waals surface area contributed by atoms with Gasteiger partial charge in [-0.05, 0) is 96.8 Å². The molecule has 0 aliphatic rings. The molecule has 0 radical (unpaired) electrons. The molecule has 1 N–H and O–H groups in total. The summed E-state index contributed by atoms with van der Waals surface area (Å²) in [6.07, 6.45) is 60.1. The summed E-state index contributed by atoms with van der Waals surface area (Å²) in [4.78, 5) is 42.3. The fraction of sp³-hybridized carbons (Fsp3) is 0.956. The van der Waals surface area contributed by atoms with E-state index in [4.69, 9.17) is 14.2 Å². The van der Waals surface area contributed by atoms with Crippen LogP contribution in [-0.2, 0) is 28.6 Å². The zero-order chi connectivity index (χ0) is 56.0. The van der Waals surface area contributed by atoms with Crippen LogP contribution in [0.5, 0.6) is 0 Å². The molecule has 458 valence electrons. The van der Waals surface area contributed by atoms with Gasteiger partial charge in [-0.2, -0.15) is 0 Å². The number of hydrogen-bond donors (Lipinski definition) is 1. The molecule has 0 aromatic carbocycles. The molecule has 9 nitrogen and oxygen atoms in total. The quantitative estimate of drug-likeness (QED) is 0.0362. The first-order valence-electron chi connectivity index (χ1n) is 34.5. The lowest BCUT2D eigenvalue weighted by atomic mass is 9.99. The Labute approximate surface area is 479 Å². The van der Waals surface area contributed by atoms with Gasteiger partial charge in [0.25, 0.3) is 0 Å². The van der Waals surface area contributed by atoms with Crippen LogP contribution in [0.2, 0.25) is 0 Å². The Morgan fingerprint density at radius 2 is 0.558 bits per heavy atom. The van der Waals surface area contributed by atoms with Crippen molar-refractivity contribution < 1.29 is 33.7 Å². The molecule has 0 bridgehead atoms. The van der Waals surface area contributed by atoms with Crippen molar-refractivity contribution in [2.75, 3.05) is 59.2 Å². The van der Waals surface area contributed by atoms with Crippen LogP contribution in [0.4, 0.5) is 0 Å². The molecular weight excluding hydrogens is 957 g/mol. The number of rotatable bonds is 65. The van der Waals surface area contributed by atoms with Crippen LogP contribution >= 0.6 is 0 Å². The van der Waals surface area contributed by atoms with E-state index in [1.807, 2.05) is 0 Å². The predicted octanol–water partition coefficient (Wildman–Crippen LogP) is 19.6. The Morgan fingerprint density at radius 3 is 0.896 bits per heavy atom. The Hall–Kier alpha value is -1.71. The van der Waals surface area contributed by atoms with Crippen molar-refractivity contribution >= 4 is 17.9 Å². The predicted molar refractivity (Wildman–Crippen MR) is 330 cm³/mol. The fourth-order valence-corrected chi connectivity index (χ4v) is 11.0. The number of aliphatic hydroxyl groups excluding tert-OH is 1. The third-order valence-corrected chi connectivity index (χ3v) is 16.1. The Morgan fingerprint density at radius 1 is 0.299 bits per heavy atom. The Bertz CT molecular complexity index is 1150. The molecule has 0 aromatic heterocycles. The minimum absolute atomic E-state index is 0.0179. The number of nitrogens with zero attached hydrogens (tertiary/aromatic N) is 2. The molecule has 1 unspecified atom stereocenters. The summed E-state index contributed by atoms with van der Waals surface area (Å²) in [5.41, 5.74) is 0. The van der Waals surface area contributed by atoms with Crippen LogP contribution in [0.15, 0.2) is 0 Å². The molecule has 0 amide bonds. The van der Waals surface area contributed by atoms with Gasteiger partial charge in [0.2, 0.25) is 0 Å². The summed E-state index contributed by atoms with van der Waals surface area (Å²) in [6.45, 7) is 16.1. The lowest BCUT2D eigenvalue weighted by Crippen LogP contribution is -2.39. The molecule has 0 spiro atoms. The maximum absolute atomic E-state index is 12.4. The van der Waals surface area contributed by atoms with Crippen LogP contribution in [0.25, 0.3) is 0 Å². The second-order valence-electron chi connectivity index (χ2n) is 23.6. The van der Waals surface area contributed by atoms with Gasteiger partial charge >= 0.3 is 17.9 Å². The minimum Gasteiger partial charge on any atom is -0.466 e. The summed E-state index contributed by atoms with van der Waals surface area (Å²) in [5.74, 6) is -0.0617. The van der Waals surface area contributed by atoms with Gasteiger partial charge in [-0.25, -0.2) is 0 Å². The summed E-state index contributed by atoms with van der Waals surface area (Å²) in [7, 11) is 0. The number of carbonyl (C=O) groups is 3. The highest BCUT2D eigenvalue weighted by molar-refractivity contribution is 5.69. The standard InChI is InChI=1S/C68H134N2O7/c1-5-9-13-16-18-20-22-24-26-37-47-62-75-67(73)54-43-33-28-35-45-56-69(57-46-36-29-34-44-55-68(74)76-63-48-38-27-25-23-21-19-17-14-10-6-2)58-50-59-70(60-61-71)65(51-40-12-8-4)52-41-32-30-39-49-64-77-66(72)53-42-31-15-11-7-3/h65,71H,5-64H2,1-4H3. The van der Waals surface area contributed by atoms with Gasteiger partial charge < -0.3 is 24.2 Å². The van der Waals surface area contributed by atoms with E-state index >= 15 is 0 Å². The van der Waals surface area contributed by atoms with Crippen molar-refractivity contribution in [1.29, 1.82) is 0 Å². The number of aliphatic hydroxyl groups is 1. The maximum atomic E-state index is 12.4. The first kappa shape index (κ1) is 75.3. The zero-order valence-corrected chi connectivity index (χ0v) is 52.3. The molecule has 0 aliphatic heterocycles. The minimum atomic E-state index is -0.0258. The number of carbonyl (C=O) groups excluding carboxylic acids is 3. The van der Waals surface area contributed by atoms with E-state index in [1.165, 1.54) is 225 Å². The highest BCUT2D eigenvalue weighted by atomic mass is 16.5. The Balaban J connectivity index is 4.81. The molecule has 9 heteroatoms. The van der Waals surface area contributed by atoms with Crippen molar-refractivity contribution in [1.82, 2.24) is 9.80 Å². The summed E-state index contributed by atoms with van der Waals surface area (Å²) < 4.78 is 16.7. The smallest absolute Gasteiger partial charge is 0.305 e. The Kier molecular flexibility index (Phi) is 62.1. The first-order chi connectivity index (χ1) is 37.9. The monoisotopic (exact) mass is 1090 g/mol. The van der Waals surface area contributed by atoms with Crippen LogP contribution < -0.4 is 0 Å².